The fourth-order valence-electron chi connectivity index (χ4n) is 2.59. The first-order valence-corrected chi connectivity index (χ1v) is 9.31. The van der Waals surface area contributed by atoms with Crippen LogP contribution in [0.4, 0.5) is 10.5 Å². The summed E-state index contributed by atoms with van der Waals surface area (Å²) in [4.78, 5) is 26.5. The lowest BCUT2D eigenvalue weighted by Crippen LogP contribution is -2.27. The first-order chi connectivity index (χ1) is 13.0. The molecule has 0 spiro atoms. The third kappa shape index (κ3) is 4.09. The number of carbonyl (C=O) groups is 2. The molecule has 0 saturated carbocycles. The number of phenols is 1. The second kappa shape index (κ2) is 8.18. The van der Waals surface area contributed by atoms with Gasteiger partial charge in [-0.15, -0.1) is 0 Å². The quantitative estimate of drug-likeness (QED) is 0.742. The molecule has 0 unspecified atom stereocenters. The van der Waals surface area contributed by atoms with Crippen LogP contribution >= 0.6 is 11.8 Å². The molecule has 140 valence electrons. The zero-order valence-electron chi connectivity index (χ0n) is 15.0. The summed E-state index contributed by atoms with van der Waals surface area (Å²) in [6.45, 7) is 4.65. The molecular formula is C20H19NO5S. The minimum Gasteiger partial charge on any atom is -0.504 e. The molecule has 2 aromatic rings. The number of thioether (sulfide) groups is 1. The van der Waals surface area contributed by atoms with Gasteiger partial charge in [-0.05, 0) is 73.6 Å². The van der Waals surface area contributed by atoms with Crippen molar-refractivity contribution in [2.45, 2.75) is 13.8 Å². The van der Waals surface area contributed by atoms with Crippen LogP contribution in [0.25, 0.3) is 6.08 Å². The Kier molecular flexibility index (Phi) is 5.71. The molecule has 6 nitrogen and oxygen atoms in total. The van der Waals surface area contributed by atoms with Crippen molar-refractivity contribution in [3.05, 3.63) is 52.9 Å². The Bertz CT molecular complexity index is 892. The van der Waals surface area contributed by atoms with Crippen LogP contribution in [-0.2, 0) is 4.79 Å². The van der Waals surface area contributed by atoms with E-state index in [1.165, 1.54) is 6.07 Å². The first-order valence-electron chi connectivity index (χ1n) is 8.50. The van der Waals surface area contributed by atoms with E-state index in [0.29, 0.717) is 40.9 Å². The summed E-state index contributed by atoms with van der Waals surface area (Å²) in [6, 6.07) is 11.6. The average molecular weight is 385 g/mol. The zero-order valence-corrected chi connectivity index (χ0v) is 15.8. The molecule has 3 rings (SSSR count). The minimum atomic E-state index is -0.389. The summed E-state index contributed by atoms with van der Waals surface area (Å²) in [5.74, 6) is 0.644. The number of benzene rings is 2. The summed E-state index contributed by atoms with van der Waals surface area (Å²) in [5.41, 5.74) is 1.15. The van der Waals surface area contributed by atoms with Gasteiger partial charge in [0.1, 0.15) is 5.75 Å². The van der Waals surface area contributed by atoms with E-state index < -0.39 is 0 Å². The van der Waals surface area contributed by atoms with E-state index in [-0.39, 0.29) is 16.9 Å². The number of imide groups is 1. The molecule has 0 atom stereocenters. The molecule has 27 heavy (non-hydrogen) atoms. The molecule has 1 heterocycles. The van der Waals surface area contributed by atoms with Crippen LogP contribution in [0.2, 0.25) is 0 Å². The van der Waals surface area contributed by atoms with E-state index in [1.807, 2.05) is 13.8 Å². The smallest absolute Gasteiger partial charge is 0.298 e. The van der Waals surface area contributed by atoms with Crippen molar-refractivity contribution in [3.63, 3.8) is 0 Å². The minimum absolute atomic E-state index is 0.0245. The number of ether oxygens (including phenoxy) is 2. The number of hydrogen-bond donors (Lipinski definition) is 1. The van der Waals surface area contributed by atoms with Gasteiger partial charge in [-0.2, -0.15) is 0 Å². The largest absolute Gasteiger partial charge is 0.504 e. The molecule has 2 amide bonds. The van der Waals surface area contributed by atoms with Gasteiger partial charge >= 0.3 is 0 Å². The van der Waals surface area contributed by atoms with Gasteiger partial charge in [0.15, 0.2) is 11.5 Å². The van der Waals surface area contributed by atoms with E-state index in [9.17, 15) is 14.7 Å². The van der Waals surface area contributed by atoms with Gasteiger partial charge in [0.05, 0.1) is 23.8 Å². The molecule has 0 aliphatic carbocycles. The number of hydrogen-bond acceptors (Lipinski definition) is 6. The molecule has 1 aliphatic rings. The number of aromatic hydroxyl groups is 1. The molecule has 1 N–H and O–H groups in total. The molecule has 0 radical (unpaired) electrons. The highest BCUT2D eigenvalue weighted by atomic mass is 32.2. The Balaban J connectivity index is 1.85. The molecule has 7 heteroatoms. The van der Waals surface area contributed by atoms with Crippen molar-refractivity contribution in [3.8, 4) is 17.2 Å². The Labute approximate surface area is 161 Å². The normalized spacial score (nSPS) is 15.5. The van der Waals surface area contributed by atoms with Gasteiger partial charge in [-0.25, -0.2) is 4.90 Å². The lowest BCUT2D eigenvalue weighted by atomic mass is 10.2. The van der Waals surface area contributed by atoms with Gasteiger partial charge in [0.2, 0.25) is 0 Å². The molecule has 1 fully saturated rings. The summed E-state index contributed by atoms with van der Waals surface area (Å²) in [7, 11) is 0. The summed E-state index contributed by atoms with van der Waals surface area (Å²) >= 11 is 0.873. The first kappa shape index (κ1) is 18.8. The maximum atomic E-state index is 12.7. The Morgan fingerprint density at radius 3 is 2.41 bits per heavy atom. The van der Waals surface area contributed by atoms with Crippen LogP contribution < -0.4 is 14.4 Å². The monoisotopic (exact) mass is 385 g/mol. The predicted octanol–water partition coefficient (Wildman–Crippen LogP) is 4.43. The number of carbonyl (C=O) groups excluding carboxylic acids is 2. The molecule has 1 aliphatic heterocycles. The van der Waals surface area contributed by atoms with E-state index in [1.54, 1.807) is 42.5 Å². The van der Waals surface area contributed by atoms with E-state index in [4.69, 9.17) is 9.47 Å². The van der Waals surface area contributed by atoms with Crippen molar-refractivity contribution < 1.29 is 24.2 Å². The fourth-order valence-corrected chi connectivity index (χ4v) is 3.43. The number of phenolic OH excluding ortho intramolecular Hbond substituents is 1. The SMILES string of the molecule is CCOc1ccc(N2C(=O)S/C(=C/c3ccc(O)c(OCC)c3)C2=O)cc1. The van der Waals surface area contributed by atoms with Crippen molar-refractivity contribution in [1.82, 2.24) is 0 Å². The van der Waals surface area contributed by atoms with Gasteiger partial charge < -0.3 is 14.6 Å². The second-order valence-corrected chi connectivity index (χ2v) is 6.60. The van der Waals surface area contributed by atoms with Crippen LogP contribution in [0.3, 0.4) is 0 Å². The van der Waals surface area contributed by atoms with Gasteiger partial charge in [-0.1, -0.05) is 6.07 Å². The van der Waals surface area contributed by atoms with Crippen molar-refractivity contribution in [2.75, 3.05) is 18.1 Å². The summed E-state index contributed by atoms with van der Waals surface area (Å²) < 4.78 is 10.7. The number of nitrogens with zero attached hydrogens (tertiary/aromatic N) is 1. The maximum absolute atomic E-state index is 12.7. The summed E-state index contributed by atoms with van der Waals surface area (Å²) in [5, 5.41) is 9.42. The van der Waals surface area contributed by atoms with E-state index >= 15 is 0 Å². The van der Waals surface area contributed by atoms with Gasteiger partial charge in [0, 0.05) is 0 Å². The van der Waals surface area contributed by atoms with Crippen LogP contribution in [0.1, 0.15) is 19.4 Å². The third-order valence-electron chi connectivity index (χ3n) is 3.78. The highest BCUT2D eigenvalue weighted by Crippen LogP contribution is 2.37. The van der Waals surface area contributed by atoms with Crippen LogP contribution in [0, 0.1) is 0 Å². The Morgan fingerprint density at radius 1 is 1.04 bits per heavy atom. The second-order valence-electron chi connectivity index (χ2n) is 5.60. The Hall–Kier alpha value is -2.93. The van der Waals surface area contributed by atoms with Crippen LogP contribution in [-0.4, -0.2) is 29.5 Å². The lowest BCUT2D eigenvalue weighted by Gasteiger charge is -2.13. The van der Waals surface area contributed by atoms with E-state index in [2.05, 4.69) is 0 Å². The van der Waals surface area contributed by atoms with Crippen molar-refractivity contribution in [1.29, 1.82) is 0 Å². The molecule has 2 aromatic carbocycles. The number of amides is 2. The fraction of sp³-hybridized carbons (Fsp3) is 0.200. The molecular weight excluding hydrogens is 366 g/mol. The molecule has 0 bridgehead atoms. The molecule has 0 aromatic heterocycles. The highest BCUT2D eigenvalue weighted by molar-refractivity contribution is 8.19. The van der Waals surface area contributed by atoms with Gasteiger partial charge in [-0.3, -0.25) is 9.59 Å². The van der Waals surface area contributed by atoms with Crippen molar-refractivity contribution in [2.24, 2.45) is 0 Å². The highest BCUT2D eigenvalue weighted by Gasteiger charge is 2.36. The standard InChI is InChI=1S/C20H19NO5S/c1-3-25-15-8-6-14(7-9-15)21-19(23)18(27-20(21)24)12-13-5-10-16(22)17(11-13)26-4-2/h5-12,22H,3-4H2,1-2H3/b18-12+. The maximum Gasteiger partial charge on any atom is 0.298 e. The average Bonchev–Trinajstić information content (AvgIpc) is 2.93. The third-order valence-corrected chi connectivity index (χ3v) is 4.65. The lowest BCUT2D eigenvalue weighted by molar-refractivity contribution is -0.113. The summed E-state index contributed by atoms with van der Waals surface area (Å²) in [6.07, 6.45) is 1.61. The van der Waals surface area contributed by atoms with Crippen LogP contribution in [0.15, 0.2) is 47.4 Å². The van der Waals surface area contributed by atoms with Crippen LogP contribution in [0.5, 0.6) is 17.2 Å². The van der Waals surface area contributed by atoms with Gasteiger partial charge in [0.25, 0.3) is 11.1 Å². The number of anilines is 1. The molecule has 1 saturated heterocycles. The number of rotatable bonds is 6. The zero-order chi connectivity index (χ0) is 19.4. The van der Waals surface area contributed by atoms with E-state index in [0.717, 1.165) is 16.7 Å². The predicted molar refractivity (Wildman–Crippen MR) is 105 cm³/mol. The topological polar surface area (TPSA) is 76.1 Å². The van der Waals surface area contributed by atoms with Crippen molar-refractivity contribution >= 4 is 34.7 Å². The Morgan fingerprint density at radius 2 is 1.74 bits per heavy atom.